The quantitative estimate of drug-likeness (QED) is 0.793. The molecule has 2 aromatic heterocycles. The highest BCUT2D eigenvalue weighted by Gasteiger charge is 2.03. The van der Waals surface area contributed by atoms with Crippen LogP contribution in [0.4, 0.5) is 5.13 Å². The van der Waals surface area contributed by atoms with E-state index in [1.807, 2.05) is 18.3 Å². The maximum atomic E-state index is 5.72. The molecular weight excluding hydrogens is 254 g/mol. The highest BCUT2D eigenvalue weighted by molar-refractivity contribution is 7.22. The van der Waals surface area contributed by atoms with Crippen molar-refractivity contribution in [2.24, 2.45) is 0 Å². The SMILES string of the molecule is Cc1ccnc(CCc2ccc3nc(N)sc3c2)c1. The number of pyridine rings is 1. The van der Waals surface area contributed by atoms with Gasteiger partial charge in [-0.25, -0.2) is 4.98 Å². The van der Waals surface area contributed by atoms with Gasteiger partial charge in [-0.1, -0.05) is 17.4 Å². The summed E-state index contributed by atoms with van der Waals surface area (Å²) in [5.74, 6) is 0. The Kier molecular flexibility index (Phi) is 3.17. The molecule has 1 aromatic carbocycles. The molecule has 3 nitrogen and oxygen atoms in total. The molecule has 0 saturated heterocycles. The molecule has 0 spiro atoms. The molecule has 3 rings (SSSR count). The fourth-order valence-electron chi connectivity index (χ4n) is 2.15. The lowest BCUT2D eigenvalue weighted by Gasteiger charge is -2.02. The van der Waals surface area contributed by atoms with Crippen LogP contribution in [0.25, 0.3) is 10.2 Å². The lowest BCUT2D eigenvalue weighted by atomic mass is 10.1. The molecule has 0 bridgehead atoms. The molecular formula is C15H15N3S. The summed E-state index contributed by atoms with van der Waals surface area (Å²) in [5.41, 5.74) is 10.4. The van der Waals surface area contributed by atoms with Crippen molar-refractivity contribution in [3.8, 4) is 0 Å². The van der Waals surface area contributed by atoms with Gasteiger partial charge in [0.15, 0.2) is 5.13 Å². The van der Waals surface area contributed by atoms with Crippen LogP contribution < -0.4 is 5.73 Å². The molecule has 4 heteroatoms. The number of nitrogens with zero attached hydrogens (tertiary/aromatic N) is 2. The smallest absolute Gasteiger partial charge is 0.181 e. The lowest BCUT2D eigenvalue weighted by molar-refractivity contribution is 0.912. The summed E-state index contributed by atoms with van der Waals surface area (Å²) >= 11 is 1.54. The number of thiazole rings is 1. The van der Waals surface area contributed by atoms with Crippen molar-refractivity contribution < 1.29 is 0 Å². The van der Waals surface area contributed by atoms with Crippen molar-refractivity contribution in [2.45, 2.75) is 19.8 Å². The van der Waals surface area contributed by atoms with Gasteiger partial charge in [-0.3, -0.25) is 4.98 Å². The van der Waals surface area contributed by atoms with Crippen molar-refractivity contribution in [1.82, 2.24) is 9.97 Å². The first-order valence-electron chi connectivity index (χ1n) is 6.27. The van der Waals surface area contributed by atoms with Crippen LogP contribution in [0.5, 0.6) is 0 Å². The van der Waals surface area contributed by atoms with Crippen molar-refractivity contribution in [3.05, 3.63) is 53.3 Å². The van der Waals surface area contributed by atoms with E-state index in [0.717, 1.165) is 28.8 Å². The minimum absolute atomic E-state index is 0.632. The number of benzene rings is 1. The number of anilines is 1. The molecule has 0 fully saturated rings. The molecule has 0 aliphatic rings. The summed E-state index contributed by atoms with van der Waals surface area (Å²) in [6, 6.07) is 10.5. The Hall–Kier alpha value is -1.94. The van der Waals surface area contributed by atoms with Crippen LogP contribution in [0.1, 0.15) is 16.8 Å². The predicted molar refractivity (Wildman–Crippen MR) is 80.4 cm³/mol. The Morgan fingerprint density at radius 3 is 2.89 bits per heavy atom. The number of hydrogen-bond donors (Lipinski definition) is 1. The topological polar surface area (TPSA) is 51.8 Å². The van der Waals surface area contributed by atoms with Gasteiger partial charge in [0.05, 0.1) is 10.2 Å². The average molecular weight is 269 g/mol. The standard InChI is InChI=1S/C15H15N3S/c1-10-6-7-17-12(8-10)4-2-11-3-5-13-14(9-11)19-15(16)18-13/h3,5-9H,2,4H2,1H3,(H2,16,18). The van der Waals surface area contributed by atoms with Gasteiger partial charge in [-0.05, 0) is 55.2 Å². The average Bonchev–Trinajstić information content (AvgIpc) is 2.75. The molecule has 96 valence electrons. The van der Waals surface area contributed by atoms with Crippen LogP contribution in [0, 0.1) is 6.92 Å². The Labute approximate surface area is 116 Å². The maximum Gasteiger partial charge on any atom is 0.181 e. The minimum Gasteiger partial charge on any atom is -0.375 e. The van der Waals surface area contributed by atoms with Crippen molar-refractivity contribution in [3.63, 3.8) is 0 Å². The Bertz CT molecular complexity index is 718. The fourth-order valence-corrected chi connectivity index (χ4v) is 2.95. The van der Waals surface area contributed by atoms with Crippen LogP contribution in [0.2, 0.25) is 0 Å². The normalized spacial score (nSPS) is 11.0. The third kappa shape index (κ3) is 2.74. The first kappa shape index (κ1) is 12.1. The zero-order chi connectivity index (χ0) is 13.2. The third-order valence-electron chi connectivity index (χ3n) is 3.11. The number of fused-ring (bicyclic) bond motifs is 1. The van der Waals surface area contributed by atoms with Gasteiger partial charge in [0, 0.05) is 11.9 Å². The summed E-state index contributed by atoms with van der Waals surface area (Å²) in [5, 5.41) is 0.632. The van der Waals surface area contributed by atoms with E-state index in [9.17, 15) is 0 Å². The van der Waals surface area contributed by atoms with E-state index < -0.39 is 0 Å². The van der Waals surface area contributed by atoms with E-state index in [0.29, 0.717) is 5.13 Å². The van der Waals surface area contributed by atoms with Gasteiger partial charge in [-0.15, -0.1) is 0 Å². The molecule has 3 aromatic rings. The highest BCUT2D eigenvalue weighted by atomic mass is 32.1. The molecule has 0 unspecified atom stereocenters. The molecule has 0 radical (unpaired) electrons. The second-order valence-corrected chi connectivity index (χ2v) is 5.74. The first-order valence-corrected chi connectivity index (χ1v) is 7.09. The van der Waals surface area contributed by atoms with Gasteiger partial charge in [0.1, 0.15) is 0 Å². The second-order valence-electron chi connectivity index (χ2n) is 4.68. The van der Waals surface area contributed by atoms with E-state index in [1.54, 1.807) is 11.3 Å². The molecule has 2 N–H and O–H groups in total. The number of rotatable bonds is 3. The number of aryl methyl sites for hydroxylation is 3. The van der Waals surface area contributed by atoms with Gasteiger partial charge in [0.2, 0.25) is 0 Å². The zero-order valence-electron chi connectivity index (χ0n) is 10.8. The summed E-state index contributed by atoms with van der Waals surface area (Å²) in [6.45, 7) is 2.09. The monoisotopic (exact) mass is 269 g/mol. The number of aromatic nitrogens is 2. The maximum absolute atomic E-state index is 5.72. The summed E-state index contributed by atoms with van der Waals surface area (Å²) in [7, 11) is 0. The van der Waals surface area contributed by atoms with E-state index in [4.69, 9.17) is 5.73 Å². The highest BCUT2D eigenvalue weighted by Crippen LogP contribution is 2.25. The van der Waals surface area contributed by atoms with E-state index in [2.05, 4.69) is 35.1 Å². The van der Waals surface area contributed by atoms with E-state index in [1.165, 1.54) is 11.1 Å². The van der Waals surface area contributed by atoms with E-state index >= 15 is 0 Å². The zero-order valence-corrected chi connectivity index (χ0v) is 11.6. The molecule has 2 heterocycles. The van der Waals surface area contributed by atoms with E-state index in [-0.39, 0.29) is 0 Å². The van der Waals surface area contributed by atoms with Crippen LogP contribution in [-0.4, -0.2) is 9.97 Å². The Balaban J connectivity index is 1.78. The van der Waals surface area contributed by atoms with Crippen LogP contribution in [0.3, 0.4) is 0 Å². The largest absolute Gasteiger partial charge is 0.375 e. The summed E-state index contributed by atoms with van der Waals surface area (Å²) < 4.78 is 1.16. The summed E-state index contributed by atoms with van der Waals surface area (Å²) in [6.07, 6.45) is 3.82. The number of nitrogens with two attached hydrogens (primary N) is 1. The molecule has 19 heavy (non-hydrogen) atoms. The van der Waals surface area contributed by atoms with Gasteiger partial charge < -0.3 is 5.73 Å². The Morgan fingerprint density at radius 1 is 1.16 bits per heavy atom. The van der Waals surface area contributed by atoms with Crippen LogP contribution in [-0.2, 0) is 12.8 Å². The van der Waals surface area contributed by atoms with Gasteiger partial charge in [0.25, 0.3) is 0 Å². The fraction of sp³-hybridized carbons (Fsp3) is 0.200. The molecule has 0 aliphatic heterocycles. The Morgan fingerprint density at radius 2 is 2.05 bits per heavy atom. The molecule has 0 saturated carbocycles. The number of hydrogen-bond acceptors (Lipinski definition) is 4. The second kappa shape index (κ2) is 4.97. The first-order chi connectivity index (χ1) is 9.20. The minimum atomic E-state index is 0.632. The molecule has 0 aliphatic carbocycles. The number of nitrogen functional groups attached to an aromatic ring is 1. The van der Waals surface area contributed by atoms with Crippen molar-refractivity contribution in [2.75, 3.05) is 5.73 Å². The molecule has 0 amide bonds. The summed E-state index contributed by atoms with van der Waals surface area (Å²) in [4.78, 5) is 8.66. The van der Waals surface area contributed by atoms with Crippen molar-refractivity contribution in [1.29, 1.82) is 0 Å². The van der Waals surface area contributed by atoms with Crippen molar-refractivity contribution >= 4 is 26.7 Å². The molecule has 0 atom stereocenters. The predicted octanol–water partition coefficient (Wildman–Crippen LogP) is 3.37. The van der Waals surface area contributed by atoms with Gasteiger partial charge >= 0.3 is 0 Å². The van der Waals surface area contributed by atoms with Crippen LogP contribution in [0.15, 0.2) is 36.5 Å². The third-order valence-corrected chi connectivity index (χ3v) is 3.96. The van der Waals surface area contributed by atoms with Gasteiger partial charge in [-0.2, -0.15) is 0 Å². The van der Waals surface area contributed by atoms with Crippen LogP contribution >= 0.6 is 11.3 Å². The lowest BCUT2D eigenvalue weighted by Crippen LogP contribution is -1.94.